The van der Waals surface area contributed by atoms with Crippen LogP contribution in [0.5, 0.6) is 0 Å². The predicted molar refractivity (Wildman–Crippen MR) is 81.2 cm³/mol. The van der Waals surface area contributed by atoms with Crippen LogP contribution in [0.1, 0.15) is 36.4 Å². The number of nitrogens with one attached hydrogen (secondary N) is 2. The maximum atomic E-state index is 12.0. The maximum absolute atomic E-state index is 12.0. The Balaban J connectivity index is 1.74. The highest BCUT2D eigenvalue weighted by molar-refractivity contribution is 7.18. The van der Waals surface area contributed by atoms with Gasteiger partial charge in [-0.25, -0.2) is 4.98 Å². The molecule has 0 atom stereocenters. The quantitative estimate of drug-likeness (QED) is 0.636. The van der Waals surface area contributed by atoms with Crippen LogP contribution in [0.25, 0.3) is 0 Å². The van der Waals surface area contributed by atoms with Gasteiger partial charge in [0.15, 0.2) is 5.13 Å². The van der Waals surface area contributed by atoms with Crippen molar-refractivity contribution in [2.75, 3.05) is 30.8 Å². The van der Waals surface area contributed by atoms with E-state index in [4.69, 9.17) is 10.5 Å². The first-order chi connectivity index (χ1) is 9.56. The van der Waals surface area contributed by atoms with Gasteiger partial charge in [0, 0.05) is 19.2 Å². The summed E-state index contributed by atoms with van der Waals surface area (Å²) in [4.78, 5) is 16.6. The van der Waals surface area contributed by atoms with Gasteiger partial charge in [0.2, 0.25) is 0 Å². The Bertz CT molecular complexity index is 457. The summed E-state index contributed by atoms with van der Waals surface area (Å²) in [5, 5.41) is 6.61. The van der Waals surface area contributed by atoms with Gasteiger partial charge in [-0.15, -0.1) is 0 Å². The van der Waals surface area contributed by atoms with Gasteiger partial charge in [0.1, 0.15) is 10.7 Å². The van der Waals surface area contributed by atoms with E-state index in [1.54, 1.807) is 0 Å². The Morgan fingerprint density at radius 3 is 2.95 bits per heavy atom. The van der Waals surface area contributed by atoms with E-state index < -0.39 is 0 Å². The number of hydrogen-bond acceptors (Lipinski definition) is 6. The lowest BCUT2D eigenvalue weighted by atomic mass is 10.4. The van der Waals surface area contributed by atoms with Crippen molar-refractivity contribution in [1.29, 1.82) is 0 Å². The van der Waals surface area contributed by atoms with Crippen LogP contribution >= 0.6 is 11.3 Å². The zero-order valence-corrected chi connectivity index (χ0v) is 12.8. The highest BCUT2D eigenvalue weighted by atomic mass is 32.1. The van der Waals surface area contributed by atoms with E-state index in [9.17, 15) is 4.79 Å². The van der Waals surface area contributed by atoms with Crippen molar-refractivity contribution < 1.29 is 9.53 Å². The van der Waals surface area contributed by atoms with Crippen LogP contribution < -0.4 is 16.4 Å². The van der Waals surface area contributed by atoms with E-state index in [1.807, 2.05) is 13.8 Å². The third-order valence-electron chi connectivity index (χ3n) is 2.85. The molecule has 1 saturated carbocycles. The molecule has 0 saturated heterocycles. The number of hydrogen-bond donors (Lipinski definition) is 3. The van der Waals surface area contributed by atoms with Gasteiger partial charge in [0.05, 0.1) is 6.61 Å². The number of anilines is 2. The lowest BCUT2D eigenvalue weighted by Gasteiger charge is -2.05. The molecule has 4 N–H and O–H groups in total. The van der Waals surface area contributed by atoms with Crippen molar-refractivity contribution in [1.82, 2.24) is 10.3 Å². The molecule has 6 nitrogen and oxygen atoms in total. The minimum Gasteiger partial charge on any atom is -0.382 e. The lowest BCUT2D eigenvalue weighted by Crippen LogP contribution is -2.27. The minimum atomic E-state index is -0.188. The summed E-state index contributed by atoms with van der Waals surface area (Å²) in [5.41, 5.74) is 5.76. The van der Waals surface area contributed by atoms with Crippen LogP contribution in [-0.2, 0) is 4.74 Å². The zero-order chi connectivity index (χ0) is 14.5. The standard InChI is InChI=1S/C13H22N4O2S/c1-8(2)16-13-17-11(14)10(20-13)12(18)15-5-6-19-7-9-3-4-9/h8-9H,3-7,14H2,1-2H3,(H,15,18)(H,16,17). The molecule has 0 radical (unpaired) electrons. The zero-order valence-electron chi connectivity index (χ0n) is 11.9. The Hall–Kier alpha value is -1.34. The van der Waals surface area contributed by atoms with E-state index in [2.05, 4.69) is 15.6 Å². The Labute approximate surface area is 123 Å². The maximum Gasteiger partial charge on any atom is 0.265 e. The van der Waals surface area contributed by atoms with Crippen molar-refractivity contribution in [3.63, 3.8) is 0 Å². The molecular weight excluding hydrogens is 276 g/mol. The molecule has 1 heterocycles. The molecule has 1 amide bonds. The van der Waals surface area contributed by atoms with Crippen LogP contribution in [0.15, 0.2) is 0 Å². The second kappa shape index (κ2) is 6.90. The second-order valence-corrected chi connectivity index (χ2v) is 6.31. The van der Waals surface area contributed by atoms with Gasteiger partial charge in [-0.05, 0) is 32.6 Å². The van der Waals surface area contributed by atoms with Gasteiger partial charge in [0.25, 0.3) is 5.91 Å². The van der Waals surface area contributed by atoms with Crippen LogP contribution in [-0.4, -0.2) is 36.7 Å². The molecule has 7 heteroatoms. The molecule has 1 aliphatic rings. The average Bonchev–Trinajstić information content (AvgIpc) is 3.11. The summed E-state index contributed by atoms with van der Waals surface area (Å²) in [5.74, 6) is 0.828. The molecule has 1 aromatic rings. The predicted octanol–water partition coefficient (Wildman–Crippen LogP) is 1.70. The van der Waals surface area contributed by atoms with E-state index in [1.165, 1.54) is 24.2 Å². The fraction of sp³-hybridized carbons (Fsp3) is 0.692. The van der Waals surface area contributed by atoms with Crippen molar-refractivity contribution >= 4 is 28.2 Å². The minimum absolute atomic E-state index is 0.188. The summed E-state index contributed by atoms with van der Waals surface area (Å²) in [6.07, 6.45) is 2.55. The number of thiazole rings is 1. The van der Waals surface area contributed by atoms with E-state index in [0.29, 0.717) is 23.2 Å². The summed E-state index contributed by atoms with van der Waals surface area (Å²) >= 11 is 1.27. The average molecular weight is 298 g/mol. The summed E-state index contributed by atoms with van der Waals surface area (Å²) in [7, 11) is 0. The fourth-order valence-electron chi connectivity index (χ4n) is 1.65. The number of nitrogens with zero attached hydrogens (tertiary/aromatic N) is 1. The molecule has 1 aromatic heterocycles. The highest BCUT2D eigenvalue weighted by Gasteiger charge is 2.21. The molecular formula is C13H22N4O2S. The molecule has 0 bridgehead atoms. The number of carbonyl (C=O) groups excluding carboxylic acids is 1. The Morgan fingerprint density at radius 2 is 2.30 bits per heavy atom. The van der Waals surface area contributed by atoms with Crippen molar-refractivity contribution in [3.05, 3.63) is 4.88 Å². The normalized spacial score (nSPS) is 14.6. The van der Waals surface area contributed by atoms with Crippen LogP contribution in [0.4, 0.5) is 10.9 Å². The Kier molecular flexibility index (Phi) is 5.19. The number of ether oxygens (including phenoxy) is 1. The van der Waals surface area contributed by atoms with Gasteiger partial charge in [-0.2, -0.15) is 0 Å². The lowest BCUT2D eigenvalue weighted by molar-refractivity contribution is 0.0911. The monoisotopic (exact) mass is 298 g/mol. The fourth-order valence-corrected chi connectivity index (χ4v) is 2.60. The third-order valence-corrected chi connectivity index (χ3v) is 3.86. The first-order valence-electron chi connectivity index (χ1n) is 6.95. The first kappa shape index (κ1) is 15.1. The van der Waals surface area contributed by atoms with Gasteiger partial charge >= 0.3 is 0 Å². The van der Waals surface area contributed by atoms with E-state index in [-0.39, 0.29) is 17.8 Å². The second-order valence-electron chi connectivity index (χ2n) is 5.31. The summed E-state index contributed by atoms with van der Waals surface area (Å²) in [6.45, 7) is 5.86. The highest BCUT2D eigenvalue weighted by Crippen LogP contribution is 2.28. The third kappa shape index (κ3) is 4.64. The number of rotatable bonds is 8. The first-order valence-corrected chi connectivity index (χ1v) is 7.76. The van der Waals surface area contributed by atoms with Crippen LogP contribution in [0, 0.1) is 5.92 Å². The summed E-state index contributed by atoms with van der Waals surface area (Å²) in [6, 6.07) is 0.257. The number of nitrogens with two attached hydrogens (primary N) is 1. The molecule has 0 aliphatic heterocycles. The number of carbonyl (C=O) groups is 1. The molecule has 1 aliphatic carbocycles. The van der Waals surface area contributed by atoms with Gasteiger partial charge in [-0.1, -0.05) is 11.3 Å². The van der Waals surface area contributed by atoms with Crippen molar-refractivity contribution in [3.8, 4) is 0 Å². The molecule has 0 unspecified atom stereocenters. The number of aromatic nitrogens is 1. The molecule has 1 fully saturated rings. The van der Waals surface area contributed by atoms with Gasteiger partial charge < -0.3 is 21.1 Å². The van der Waals surface area contributed by atoms with Crippen LogP contribution in [0.2, 0.25) is 0 Å². The largest absolute Gasteiger partial charge is 0.382 e. The van der Waals surface area contributed by atoms with Crippen molar-refractivity contribution in [2.24, 2.45) is 5.92 Å². The van der Waals surface area contributed by atoms with Crippen LogP contribution in [0.3, 0.4) is 0 Å². The smallest absolute Gasteiger partial charge is 0.265 e. The summed E-state index contributed by atoms with van der Waals surface area (Å²) < 4.78 is 5.46. The van der Waals surface area contributed by atoms with Gasteiger partial charge in [-0.3, -0.25) is 4.79 Å². The molecule has 112 valence electrons. The van der Waals surface area contributed by atoms with E-state index >= 15 is 0 Å². The molecule has 0 aromatic carbocycles. The molecule has 0 spiro atoms. The molecule has 20 heavy (non-hydrogen) atoms. The molecule has 2 rings (SSSR count). The number of nitrogen functional groups attached to an aromatic ring is 1. The Morgan fingerprint density at radius 1 is 1.55 bits per heavy atom. The topological polar surface area (TPSA) is 89.3 Å². The van der Waals surface area contributed by atoms with E-state index in [0.717, 1.165) is 12.5 Å². The SMILES string of the molecule is CC(C)Nc1nc(N)c(C(=O)NCCOCC2CC2)s1. The van der Waals surface area contributed by atoms with Crippen molar-refractivity contribution in [2.45, 2.75) is 32.7 Å². The number of amides is 1.